The molecule has 0 heterocycles. The lowest BCUT2D eigenvalue weighted by Gasteiger charge is -2.24. The van der Waals surface area contributed by atoms with Gasteiger partial charge in [0.1, 0.15) is 10.9 Å². The van der Waals surface area contributed by atoms with Gasteiger partial charge in [-0.1, -0.05) is 43.2 Å². The zero-order valence-corrected chi connectivity index (χ0v) is 14.2. The first kappa shape index (κ1) is 18.4. The van der Waals surface area contributed by atoms with E-state index in [1.165, 1.54) is 4.31 Å². The predicted octanol–water partition coefficient (Wildman–Crippen LogP) is 2.80. The van der Waals surface area contributed by atoms with E-state index in [9.17, 15) is 9.59 Å². The van der Waals surface area contributed by atoms with Crippen LogP contribution < -0.4 is 4.31 Å². The summed E-state index contributed by atoms with van der Waals surface area (Å²) in [6.07, 6.45) is -0.171. The molecule has 0 aromatic heterocycles. The molecule has 1 atom stereocenters. The van der Waals surface area contributed by atoms with Gasteiger partial charge in [0.15, 0.2) is 0 Å². The number of ether oxygens (including phenoxy) is 2. The molecule has 0 saturated heterocycles. The third-order valence-electron chi connectivity index (χ3n) is 2.75. The normalized spacial score (nSPS) is 11.4. The Labute approximate surface area is 141 Å². The van der Waals surface area contributed by atoms with E-state index in [0.29, 0.717) is 5.69 Å². The van der Waals surface area contributed by atoms with E-state index in [4.69, 9.17) is 21.7 Å². The van der Waals surface area contributed by atoms with Crippen LogP contribution in [0.4, 0.5) is 5.69 Å². The number of para-hydroxylation sites is 1. The SMILES string of the molecule is CCOC(=O)CC(C(=O)OCC)C(=S)N(S)c1ccccc1. The number of rotatable bonds is 7. The van der Waals surface area contributed by atoms with Gasteiger partial charge in [0, 0.05) is 0 Å². The largest absolute Gasteiger partial charge is 0.466 e. The molecular formula is C15H19NO4S2. The summed E-state index contributed by atoms with van der Waals surface area (Å²) in [4.78, 5) is 24.0. The highest BCUT2D eigenvalue weighted by molar-refractivity contribution is 7.87. The monoisotopic (exact) mass is 341 g/mol. The lowest BCUT2D eigenvalue weighted by molar-refractivity contribution is -0.152. The zero-order valence-electron chi connectivity index (χ0n) is 12.5. The second-order valence-electron chi connectivity index (χ2n) is 4.30. The van der Waals surface area contributed by atoms with E-state index < -0.39 is 17.9 Å². The molecule has 0 N–H and O–H groups in total. The molecule has 0 amide bonds. The highest BCUT2D eigenvalue weighted by atomic mass is 32.1. The maximum atomic E-state index is 12.1. The number of hydrogen-bond acceptors (Lipinski definition) is 6. The summed E-state index contributed by atoms with van der Waals surface area (Å²) < 4.78 is 11.3. The molecule has 1 aromatic rings. The molecule has 7 heteroatoms. The van der Waals surface area contributed by atoms with E-state index in [1.807, 2.05) is 18.2 Å². The highest BCUT2D eigenvalue weighted by Crippen LogP contribution is 2.22. The molecule has 0 aliphatic heterocycles. The average molecular weight is 341 g/mol. The van der Waals surface area contributed by atoms with Gasteiger partial charge in [0.2, 0.25) is 0 Å². The molecule has 1 aromatic carbocycles. The smallest absolute Gasteiger partial charge is 0.316 e. The van der Waals surface area contributed by atoms with Gasteiger partial charge in [-0.05, 0) is 26.0 Å². The van der Waals surface area contributed by atoms with Crippen LogP contribution >= 0.6 is 25.0 Å². The molecule has 0 saturated carbocycles. The molecule has 0 fully saturated rings. The van der Waals surface area contributed by atoms with E-state index in [1.54, 1.807) is 26.0 Å². The van der Waals surface area contributed by atoms with Crippen LogP contribution in [0.5, 0.6) is 0 Å². The Kier molecular flexibility index (Phi) is 7.90. The summed E-state index contributed by atoms with van der Waals surface area (Å²) in [6.45, 7) is 3.84. The van der Waals surface area contributed by atoms with Gasteiger partial charge in [0.05, 0.1) is 25.3 Å². The number of carbonyl (C=O) groups excluding carboxylic acids is 2. The fourth-order valence-corrected chi connectivity index (χ4v) is 2.30. The minimum atomic E-state index is -0.910. The van der Waals surface area contributed by atoms with Crippen molar-refractivity contribution in [1.82, 2.24) is 0 Å². The zero-order chi connectivity index (χ0) is 16.5. The van der Waals surface area contributed by atoms with Gasteiger partial charge in [-0.15, -0.1) is 0 Å². The lowest BCUT2D eigenvalue weighted by Crippen LogP contribution is -2.35. The number of thiocarbonyl (C=S) groups is 1. The minimum Gasteiger partial charge on any atom is -0.466 e. The van der Waals surface area contributed by atoms with Crippen molar-refractivity contribution in [2.75, 3.05) is 17.5 Å². The van der Waals surface area contributed by atoms with Crippen molar-refractivity contribution in [2.45, 2.75) is 20.3 Å². The van der Waals surface area contributed by atoms with Crippen molar-refractivity contribution in [3.63, 3.8) is 0 Å². The van der Waals surface area contributed by atoms with Crippen LogP contribution in [0.3, 0.4) is 0 Å². The molecule has 22 heavy (non-hydrogen) atoms. The van der Waals surface area contributed by atoms with Crippen LogP contribution in [0.25, 0.3) is 0 Å². The Bertz CT molecular complexity index is 522. The summed E-state index contributed by atoms with van der Waals surface area (Å²) in [7, 11) is 0. The molecule has 0 aliphatic rings. The number of nitrogens with zero attached hydrogens (tertiary/aromatic N) is 1. The summed E-state index contributed by atoms with van der Waals surface area (Å²) >= 11 is 9.64. The van der Waals surface area contributed by atoms with Gasteiger partial charge in [-0.2, -0.15) is 0 Å². The maximum Gasteiger partial charge on any atom is 0.316 e. The average Bonchev–Trinajstić information content (AvgIpc) is 2.52. The molecule has 1 rings (SSSR count). The number of anilines is 1. The molecule has 5 nitrogen and oxygen atoms in total. The fraction of sp³-hybridized carbons (Fsp3) is 0.400. The van der Waals surface area contributed by atoms with Crippen molar-refractivity contribution >= 4 is 47.6 Å². The minimum absolute atomic E-state index is 0.171. The molecule has 0 spiro atoms. The number of hydrogen-bond donors (Lipinski definition) is 1. The maximum absolute atomic E-state index is 12.1. The van der Waals surface area contributed by atoms with Crippen molar-refractivity contribution in [1.29, 1.82) is 0 Å². The Morgan fingerprint density at radius 2 is 1.77 bits per heavy atom. The number of benzene rings is 1. The Hall–Kier alpha value is -1.60. The van der Waals surface area contributed by atoms with Crippen LogP contribution in [-0.2, 0) is 19.1 Å². The first-order valence-corrected chi connectivity index (χ1v) is 7.72. The number of carbonyl (C=O) groups is 2. The number of thiol groups is 1. The summed E-state index contributed by atoms with van der Waals surface area (Å²) in [5.74, 6) is -1.97. The van der Waals surface area contributed by atoms with Gasteiger partial charge in [-0.25, -0.2) is 0 Å². The summed E-state index contributed by atoms with van der Waals surface area (Å²) in [5.41, 5.74) is 0.703. The van der Waals surface area contributed by atoms with E-state index >= 15 is 0 Å². The predicted molar refractivity (Wildman–Crippen MR) is 91.9 cm³/mol. The van der Waals surface area contributed by atoms with Gasteiger partial charge >= 0.3 is 11.9 Å². The van der Waals surface area contributed by atoms with Gasteiger partial charge in [0.25, 0.3) is 0 Å². The Morgan fingerprint density at radius 3 is 2.32 bits per heavy atom. The highest BCUT2D eigenvalue weighted by Gasteiger charge is 2.31. The van der Waals surface area contributed by atoms with Gasteiger partial charge in [-0.3, -0.25) is 13.9 Å². The van der Waals surface area contributed by atoms with E-state index in [0.717, 1.165) is 0 Å². The Balaban J connectivity index is 2.91. The second-order valence-corrected chi connectivity index (χ2v) is 5.12. The van der Waals surface area contributed by atoms with Crippen LogP contribution in [0, 0.1) is 5.92 Å². The fourth-order valence-electron chi connectivity index (χ4n) is 1.74. The van der Waals surface area contributed by atoms with Crippen molar-refractivity contribution in [3.05, 3.63) is 30.3 Å². The van der Waals surface area contributed by atoms with Crippen LogP contribution in [-0.4, -0.2) is 30.1 Å². The third kappa shape index (κ3) is 5.31. The van der Waals surface area contributed by atoms with E-state index in [-0.39, 0.29) is 24.6 Å². The number of esters is 2. The molecule has 0 bridgehead atoms. The lowest BCUT2D eigenvalue weighted by atomic mass is 10.1. The topological polar surface area (TPSA) is 55.8 Å². The first-order valence-electron chi connectivity index (χ1n) is 6.91. The standard InChI is InChI=1S/C15H19NO4S2/c1-3-19-13(17)10-12(15(18)20-4-2)14(21)16(22)11-8-6-5-7-9-11/h5-9,12,22H,3-4,10H2,1-2H3. The third-order valence-corrected chi connectivity index (χ3v) is 3.80. The van der Waals surface area contributed by atoms with Crippen molar-refractivity contribution in [2.24, 2.45) is 5.92 Å². The van der Waals surface area contributed by atoms with Crippen molar-refractivity contribution < 1.29 is 19.1 Å². The summed E-state index contributed by atoms with van der Waals surface area (Å²) in [5, 5.41) is 0. The molecule has 0 aliphatic carbocycles. The summed E-state index contributed by atoms with van der Waals surface area (Å²) in [6, 6.07) is 9.10. The van der Waals surface area contributed by atoms with Crippen LogP contribution in [0.1, 0.15) is 20.3 Å². The first-order chi connectivity index (χ1) is 10.5. The van der Waals surface area contributed by atoms with E-state index in [2.05, 4.69) is 12.8 Å². The second kappa shape index (κ2) is 9.42. The Morgan fingerprint density at radius 1 is 1.18 bits per heavy atom. The molecular weight excluding hydrogens is 322 g/mol. The van der Waals surface area contributed by atoms with Crippen molar-refractivity contribution in [3.8, 4) is 0 Å². The van der Waals surface area contributed by atoms with Crippen LogP contribution in [0.15, 0.2) is 30.3 Å². The molecule has 120 valence electrons. The molecule has 1 unspecified atom stereocenters. The van der Waals surface area contributed by atoms with Crippen LogP contribution in [0.2, 0.25) is 0 Å². The van der Waals surface area contributed by atoms with Gasteiger partial charge < -0.3 is 9.47 Å². The quantitative estimate of drug-likeness (QED) is 0.468. The molecule has 0 radical (unpaired) electrons.